The van der Waals surface area contributed by atoms with Crippen molar-refractivity contribution in [3.8, 4) is 16.9 Å². The number of nitrogens with zero attached hydrogens (tertiary/aromatic N) is 3. The predicted molar refractivity (Wildman–Crippen MR) is 108 cm³/mol. The third-order valence-corrected chi connectivity index (χ3v) is 5.04. The van der Waals surface area contributed by atoms with Crippen LogP contribution in [0.2, 0.25) is 0 Å². The normalized spacial score (nSPS) is 16.8. The minimum atomic E-state index is -0.0887. The number of carbonyl (C=O) groups is 1. The monoisotopic (exact) mass is 376 g/mol. The van der Waals surface area contributed by atoms with Crippen LogP contribution in [0.25, 0.3) is 11.1 Å². The van der Waals surface area contributed by atoms with Gasteiger partial charge in [-0.3, -0.25) is 4.79 Å². The van der Waals surface area contributed by atoms with E-state index in [1.54, 1.807) is 6.20 Å². The summed E-state index contributed by atoms with van der Waals surface area (Å²) >= 11 is 0. The maximum atomic E-state index is 13.0. The number of aryl methyl sites for hydroxylation is 1. The van der Waals surface area contributed by atoms with Crippen LogP contribution in [0.1, 0.15) is 11.9 Å². The maximum absolute atomic E-state index is 13.0. The Balaban J connectivity index is 1.49. The van der Waals surface area contributed by atoms with Crippen molar-refractivity contribution in [2.24, 2.45) is 7.05 Å². The molecule has 1 fully saturated rings. The van der Waals surface area contributed by atoms with Gasteiger partial charge in [0.2, 0.25) is 0 Å². The summed E-state index contributed by atoms with van der Waals surface area (Å²) in [6, 6.07) is 17.8. The first-order chi connectivity index (χ1) is 13.7. The number of hydrogen-bond donors (Lipinski definition) is 1. The van der Waals surface area contributed by atoms with Gasteiger partial charge >= 0.3 is 0 Å². The van der Waals surface area contributed by atoms with E-state index in [-0.39, 0.29) is 18.6 Å². The molecule has 0 radical (unpaired) electrons. The first-order valence-electron chi connectivity index (χ1n) is 9.48. The van der Waals surface area contributed by atoms with E-state index in [0.29, 0.717) is 18.8 Å². The van der Waals surface area contributed by atoms with E-state index in [9.17, 15) is 4.79 Å². The average molecular weight is 376 g/mol. The number of ether oxygens (including phenoxy) is 1. The summed E-state index contributed by atoms with van der Waals surface area (Å²) < 4.78 is 7.93. The molecule has 1 aliphatic rings. The van der Waals surface area contributed by atoms with Crippen LogP contribution < -0.4 is 10.1 Å². The number of aromatic nitrogens is 2. The lowest BCUT2D eigenvalue weighted by Gasteiger charge is -2.35. The van der Waals surface area contributed by atoms with E-state index in [1.165, 1.54) is 0 Å². The minimum Gasteiger partial charge on any atom is -0.483 e. The molecule has 1 saturated heterocycles. The smallest absolute Gasteiger partial charge is 0.261 e. The van der Waals surface area contributed by atoms with Gasteiger partial charge in [0.05, 0.1) is 0 Å². The molecule has 2 heterocycles. The molecule has 4 rings (SSSR count). The van der Waals surface area contributed by atoms with Crippen molar-refractivity contribution in [3.63, 3.8) is 0 Å². The molecule has 0 aliphatic carbocycles. The number of benzene rings is 2. The van der Waals surface area contributed by atoms with Crippen molar-refractivity contribution in [1.82, 2.24) is 19.8 Å². The number of para-hydroxylation sites is 1. The zero-order valence-corrected chi connectivity index (χ0v) is 15.9. The predicted octanol–water partition coefficient (Wildman–Crippen LogP) is 2.64. The molecule has 1 amide bonds. The molecule has 0 bridgehead atoms. The summed E-state index contributed by atoms with van der Waals surface area (Å²) in [6.07, 6.45) is 3.67. The minimum absolute atomic E-state index is 0.00473. The fourth-order valence-electron chi connectivity index (χ4n) is 3.60. The van der Waals surface area contributed by atoms with Crippen LogP contribution >= 0.6 is 0 Å². The van der Waals surface area contributed by atoms with Crippen LogP contribution in [-0.4, -0.2) is 46.6 Å². The van der Waals surface area contributed by atoms with Crippen molar-refractivity contribution < 1.29 is 9.53 Å². The average Bonchev–Trinajstić information content (AvgIpc) is 3.18. The second kappa shape index (κ2) is 8.27. The number of amides is 1. The van der Waals surface area contributed by atoms with E-state index in [1.807, 2.05) is 77.3 Å². The van der Waals surface area contributed by atoms with Crippen LogP contribution in [-0.2, 0) is 11.8 Å². The second-order valence-electron chi connectivity index (χ2n) is 6.85. The molecule has 6 nitrogen and oxygen atoms in total. The number of hydrogen-bond acceptors (Lipinski definition) is 4. The molecule has 1 aromatic heterocycles. The van der Waals surface area contributed by atoms with Crippen LogP contribution in [0, 0.1) is 0 Å². The molecule has 3 aromatic rings. The Morgan fingerprint density at radius 3 is 2.75 bits per heavy atom. The summed E-state index contributed by atoms with van der Waals surface area (Å²) in [7, 11) is 1.95. The molecule has 144 valence electrons. The summed E-state index contributed by atoms with van der Waals surface area (Å²) in [5.74, 6) is 1.56. The van der Waals surface area contributed by atoms with E-state index >= 15 is 0 Å². The molecule has 28 heavy (non-hydrogen) atoms. The maximum Gasteiger partial charge on any atom is 0.261 e. The van der Waals surface area contributed by atoms with Gasteiger partial charge in [-0.2, -0.15) is 0 Å². The Kier molecular flexibility index (Phi) is 5.39. The highest BCUT2D eigenvalue weighted by Gasteiger charge is 2.30. The molecule has 1 unspecified atom stereocenters. The zero-order valence-electron chi connectivity index (χ0n) is 15.9. The van der Waals surface area contributed by atoms with Gasteiger partial charge in [0, 0.05) is 44.6 Å². The van der Waals surface area contributed by atoms with Gasteiger partial charge in [-0.05, 0) is 11.6 Å². The first-order valence-corrected chi connectivity index (χ1v) is 9.48. The summed E-state index contributed by atoms with van der Waals surface area (Å²) in [5, 5.41) is 3.35. The number of nitrogens with one attached hydrogen (secondary N) is 1. The summed E-state index contributed by atoms with van der Waals surface area (Å²) in [4.78, 5) is 19.3. The lowest BCUT2D eigenvalue weighted by Crippen LogP contribution is -2.50. The van der Waals surface area contributed by atoms with Gasteiger partial charge < -0.3 is 19.5 Å². The Morgan fingerprint density at radius 2 is 1.96 bits per heavy atom. The van der Waals surface area contributed by atoms with E-state index in [0.717, 1.165) is 23.5 Å². The quantitative estimate of drug-likeness (QED) is 0.744. The van der Waals surface area contributed by atoms with Gasteiger partial charge in [-0.25, -0.2) is 4.98 Å². The first kappa shape index (κ1) is 18.3. The lowest BCUT2D eigenvalue weighted by atomic mass is 10.1. The molecule has 6 heteroatoms. The molecule has 0 saturated carbocycles. The van der Waals surface area contributed by atoms with Gasteiger partial charge in [0.15, 0.2) is 6.61 Å². The van der Waals surface area contributed by atoms with Crippen molar-refractivity contribution in [3.05, 3.63) is 72.8 Å². The highest BCUT2D eigenvalue weighted by Crippen LogP contribution is 2.30. The van der Waals surface area contributed by atoms with Crippen molar-refractivity contribution in [1.29, 1.82) is 0 Å². The van der Waals surface area contributed by atoms with Crippen molar-refractivity contribution in [2.75, 3.05) is 26.2 Å². The van der Waals surface area contributed by atoms with Crippen LogP contribution in [0.5, 0.6) is 5.75 Å². The molecular weight excluding hydrogens is 352 g/mol. The molecule has 1 aliphatic heterocycles. The molecule has 2 aromatic carbocycles. The topological polar surface area (TPSA) is 59.4 Å². The van der Waals surface area contributed by atoms with Crippen molar-refractivity contribution >= 4 is 5.91 Å². The summed E-state index contributed by atoms with van der Waals surface area (Å²) in [5.41, 5.74) is 2.05. The van der Waals surface area contributed by atoms with Crippen LogP contribution in [0.15, 0.2) is 67.0 Å². The number of piperazine rings is 1. The van der Waals surface area contributed by atoms with Gasteiger partial charge in [0.1, 0.15) is 17.6 Å². The third kappa shape index (κ3) is 3.77. The Morgan fingerprint density at radius 1 is 1.18 bits per heavy atom. The van der Waals surface area contributed by atoms with Gasteiger partial charge in [-0.1, -0.05) is 48.5 Å². The Hall–Kier alpha value is -3.12. The molecule has 0 spiro atoms. The van der Waals surface area contributed by atoms with E-state index in [4.69, 9.17) is 4.74 Å². The highest BCUT2D eigenvalue weighted by atomic mass is 16.5. The summed E-state index contributed by atoms with van der Waals surface area (Å²) in [6.45, 7) is 2.11. The number of carbonyl (C=O) groups excluding carboxylic acids is 1. The second-order valence-corrected chi connectivity index (χ2v) is 6.85. The SMILES string of the molecule is Cn1ccnc1C1CNCCN1C(=O)COc1ccccc1-c1ccccc1. The number of imidazole rings is 1. The van der Waals surface area contributed by atoms with Gasteiger partial charge in [0.25, 0.3) is 5.91 Å². The third-order valence-electron chi connectivity index (χ3n) is 5.04. The van der Waals surface area contributed by atoms with Gasteiger partial charge in [-0.15, -0.1) is 0 Å². The molecule has 1 atom stereocenters. The number of rotatable bonds is 5. The Bertz CT molecular complexity index is 938. The van der Waals surface area contributed by atoms with E-state index < -0.39 is 0 Å². The fraction of sp³-hybridized carbons (Fsp3) is 0.273. The van der Waals surface area contributed by atoms with Crippen LogP contribution in [0.3, 0.4) is 0 Å². The largest absolute Gasteiger partial charge is 0.483 e. The van der Waals surface area contributed by atoms with Crippen molar-refractivity contribution in [2.45, 2.75) is 6.04 Å². The zero-order chi connectivity index (χ0) is 19.3. The van der Waals surface area contributed by atoms with Crippen LogP contribution in [0.4, 0.5) is 0 Å². The lowest BCUT2D eigenvalue weighted by molar-refractivity contribution is -0.137. The fourth-order valence-corrected chi connectivity index (χ4v) is 3.60. The molecule has 1 N–H and O–H groups in total. The molecular formula is C22H24N4O2. The van der Waals surface area contributed by atoms with E-state index in [2.05, 4.69) is 10.3 Å². The Labute approximate surface area is 164 Å². The highest BCUT2D eigenvalue weighted by molar-refractivity contribution is 5.79. The standard InChI is InChI=1S/C22H24N4O2/c1-25-13-12-24-22(25)19-15-23-11-14-26(19)21(27)16-28-20-10-6-5-9-18(20)17-7-3-2-4-8-17/h2-10,12-13,19,23H,11,14-16H2,1H3.